The van der Waals surface area contributed by atoms with E-state index in [0.717, 1.165) is 37.3 Å². The van der Waals surface area contributed by atoms with Crippen molar-refractivity contribution in [2.24, 2.45) is 11.5 Å². The van der Waals surface area contributed by atoms with Gasteiger partial charge in [-0.1, -0.05) is 0 Å². The van der Waals surface area contributed by atoms with Crippen LogP contribution in [0.1, 0.15) is 32.9 Å². The number of thiophene rings is 1. The molecular formula is C15H20N6O2S. The van der Waals surface area contributed by atoms with E-state index >= 15 is 0 Å². The zero-order valence-corrected chi connectivity index (χ0v) is 14.2. The van der Waals surface area contributed by atoms with Gasteiger partial charge in [-0.15, -0.1) is 11.3 Å². The molecule has 0 unspecified atom stereocenters. The first-order valence-corrected chi connectivity index (χ1v) is 8.49. The Morgan fingerprint density at radius 3 is 2.62 bits per heavy atom. The number of amides is 2. The molecule has 1 aliphatic heterocycles. The van der Waals surface area contributed by atoms with Crippen LogP contribution >= 0.6 is 11.3 Å². The lowest BCUT2D eigenvalue weighted by atomic mass is 10.1. The third-order valence-electron chi connectivity index (χ3n) is 4.24. The van der Waals surface area contributed by atoms with Crippen molar-refractivity contribution in [3.05, 3.63) is 16.5 Å². The van der Waals surface area contributed by atoms with Crippen molar-refractivity contribution in [3.8, 4) is 0 Å². The van der Waals surface area contributed by atoms with Crippen LogP contribution in [0.2, 0.25) is 0 Å². The van der Waals surface area contributed by atoms with E-state index < -0.39 is 5.91 Å². The molecule has 8 nitrogen and oxygen atoms in total. The lowest BCUT2D eigenvalue weighted by molar-refractivity contribution is 0.0962. The van der Waals surface area contributed by atoms with Crippen LogP contribution in [-0.4, -0.2) is 43.0 Å². The van der Waals surface area contributed by atoms with Crippen LogP contribution in [0.4, 0.5) is 11.5 Å². The smallest absolute Gasteiger partial charge is 0.260 e. The van der Waals surface area contributed by atoms with Gasteiger partial charge in [0.1, 0.15) is 15.5 Å². The molecule has 0 spiro atoms. The molecule has 0 saturated carbocycles. The maximum absolute atomic E-state index is 12.3. The third-order valence-corrected chi connectivity index (χ3v) is 5.36. The average molecular weight is 348 g/mol. The number of nitrogen functional groups attached to an aromatic ring is 1. The van der Waals surface area contributed by atoms with Gasteiger partial charge in [0.2, 0.25) is 0 Å². The van der Waals surface area contributed by atoms with E-state index in [-0.39, 0.29) is 22.5 Å². The predicted octanol–water partition coefficient (Wildman–Crippen LogP) is 0.265. The zero-order valence-electron chi connectivity index (χ0n) is 13.3. The van der Waals surface area contributed by atoms with Gasteiger partial charge >= 0.3 is 0 Å². The number of anilines is 2. The second kappa shape index (κ2) is 6.25. The number of carbonyl (C=O) groups excluding carboxylic acids is 2. The standard InChI is InChI=1S/C15H20N6O2S/c1-19-14(23)8-6-9(21-4-2-7(16)3-5-21)20-15-10(8)11(17)12(24-15)13(18)22/h6-7H,2-5,16-17H2,1H3,(H2,18,22)(H,19,23). The number of nitrogens with one attached hydrogen (secondary N) is 1. The minimum absolute atomic E-state index is 0.197. The van der Waals surface area contributed by atoms with Gasteiger partial charge in [0.25, 0.3) is 11.8 Å². The molecule has 2 amide bonds. The van der Waals surface area contributed by atoms with E-state index in [9.17, 15) is 9.59 Å². The highest BCUT2D eigenvalue weighted by atomic mass is 32.1. The number of carbonyl (C=O) groups is 2. The number of hydrogen-bond acceptors (Lipinski definition) is 7. The number of hydrogen-bond donors (Lipinski definition) is 4. The second-order valence-corrected chi connectivity index (χ2v) is 6.82. The van der Waals surface area contributed by atoms with Crippen molar-refractivity contribution < 1.29 is 9.59 Å². The predicted molar refractivity (Wildman–Crippen MR) is 95.4 cm³/mol. The van der Waals surface area contributed by atoms with Crippen molar-refractivity contribution in [2.75, 3.05) is 30.8 Å². The molecule has 1 saturated heterocycles. The molecule has 0 radical (unpaired) electrons. The van der Waals surface area contributed by atoms with E-state index in [1.165, 1.54) is 0 Å². The van der Waals surface area contributed by atoms with Gasteiger partial charge in [-0.2, -0.15) is 0 Å². The Bertz CT molecular complexity index is 810. The Balaban J connectivity index is 2.15. The summed E-state index contributed by atoms with van der Waals surface area (Å²) in [7, 11) is 1.55. The Morgan fingerprint density at radius 2 is 2.04 bits per heavy atom. The SMILES string of the molecule is CNC(=O)c1cc(N2CCC(N)CC2)nc2sc(C(N)=O)c(N)c12. The summed E-state index contributed by atoms with van der Waals surface area (Å²) in [6, 6.07) is 1.91. The number of primary amides is 1. The monoisotopic (exact) mass is 348 g/mol. The van der Waals surface area contributed by atoms with Gasteiger partial charge in [0.15, 0.2) is 0 Å². The fraction of sp³-hybridized carbons (Fsp3) is 0.400. The molecule has 1 aliphatic rings. The highest BCUT2D eigenvalue weighted by Gasteiger charge is 2.24. The minimum atomic E-state index is -0.621. The normalized spacial score (nSPS) is 15.7. The number of pyridine rings is 1. The van der Waals surface area contributed by atoms with Crippen LogP contribution in [0.15, 0.2) is 6.07 Å². The lowest BCUT2D eigenvalue weighted by Crippen LogP contribution is -2.40. The highest BCUT2D eigenvalue weighted by Crippen LogP contribution is 2.36. The maximum atomic E-state index is 12.3. The first-order valence-electron chi connectivity index (χ1n) is 7.67. The number of fused-ring (bicyclic) bond motifs is 1. The van der Waals surface area contributed by atoms with Crippen molar-refractivity contribution in [1.29, 1.82) is 0 Å². The van der Waals surface area contributed by atoms with Crippen LogP contribution in [0, 0.1) is 0 Å². The van der Waals surface area contributed by atoms with Gasteiger partial charge in [-0.3, -0.25) is 9.59 Å². The molecule has 1 fully saturated rings. The lowest BCUT2D eigenvalue weighted by Gasteiger charge is -2.31. The van der Waals surface area contributed by atoms with Gasteiger partial charge in [0.05, 0.1) is 11.3 Å². The van der Waals surface area contributed by atoms with Crippen molar-refractivity contribution in [2.45, 2.75) is 18.9 Å². The van der Waals surface area contributed by atoms with Crippen LogP contribution in [0.5, 0.6) is 0 Å². The topological polar surface area (TPSA) is 140 Å². The molecule has 3 rings (SSSR count). The minimum Gasteiger partial charge on any atom is -0.397 e. The Kier molecular flexibility index (Phi) is 4.29. The Morgan fingerprint density at radius 1 is 1.38 bits per heavy atom. The molecule has 3 heterocycles. The van der Waals surface area contributed by atoms with Gasteiger partial charge in [-0.05, 0) is 18.9 Å². The van der Waals surface area contributed by atoms with Crippen molar-refractivity contribution >= 4 is 44.9 Å². The first-order chi connectivity index (χ1) is 11.4. The Labute approximate surface area is 143 Å². The zero-order chi connectivity index (χ0) is 17.4. The molecule has 24 heavy (non-hydrogen) atoms. The van der Waals surface area contributed by atoms with E-state index in [1.807, 2.05) is 0 Å². The van der Waals surface area contributed by atoms with Gasteiger partial charge in [0, 0.05) is 31.6 Å². The van der Waals surface area contributed by atoms with E-state index in [0.29, 0.717) is 21.6 Å². The molecule has 7 N–H and O–H groups in total. The van der Waals surface area contributed by atoms with Crippen LogP contribution < -0.4 is 27.4 Å². The van der Waals surface area contributed by atoms with Crippen LogP contribution in [0.3, 0.4) is 0 Å². The highest BCUT2D eigenvalue weighted by molar-refractivity contribution is 7.21. The summed E-state index contributed by atoms with van der Waals surface area (Å²) in [4.78, 5) is 31.3. The molecule has 128 valence electrons. The molecule has 2 aromatic heterocycles. The van der Waals surface area contributed by atoms with Crippen molar-refractivity contribution in [3.63, 3.8) is 0 Å². The fourth-order valence-electron chi connectivity index (χ4n) is 2.90. The Hall–Kier alpha value is -2.39. The third kappa shape index (κ3) is 2.76. The first kappa shape index (κ1) is 16.5. The number of rotatable bonds is 3. The molecular weight excluding hydrogens is 328 g/mol. The van der Waals surface area contributed by atoms with E-state index in [2.05, 4.69) is 15.2 Å². The number of piperidine rings is 1. The number of nitrogens with zero attached hydrogens (tertiary/aromatic N) is 2. The summed E-state index contributed by atoms with van der Waals surface area (Å²) < 4.78 is 0. The maximum Gasteiger partial charge on any atom is 0.260 e. The van der Waals surface area contributed by atoms with Crippen LogP contribution in [-0.2, 0) is 0 Å². The summed E-state index contributed by atoms with van der Waals surface area (Å²) >= 11 is 1.11. The largest absolute Gasteiger partial charge is 0.397 e. The van der Waals surface area contributed by atoms with Gasteiger partial charge in [-0.25, -0.2) is 4.98 Å². The summed E-state index contributed by atoms with van der Waals surface area (Å²) in [6.07, 6.45) is 1.74. The molecule has 0 aliphatic carbocycles. The quantitative estimate of drug-likeness (QED) is 0.627. The molecule has 0 bridgehead atoms. The number of aromatic nitrogens is 1. The average Bonchev–Trinajstić information content (AvgIpc) is 2.91. The second-order valence-electron chi connectivity index (χ2n) is 5.82. The summed E-state index contributed by atoms with van der Waals surface area (Å²) in [6.45, 7) is 1.55. The summed E-state index contributed by atoms with van der Waals surface area (Å²) in [5.74, 6) is -0.216. The molecule has 0 aromatic carbocycles. The van der Waals surface area contributed by atoms with E-state index in [1.54, 1.807) is 13.1 Å². The van der Waals surface area contributed by atoms with Gasteiger partial charge < -0.3 is 27.4 Å². The molecule has 9 heteroatoms. The van der Waals surface area contributed by atoms with E-state index in [4.69, 9.17) is 17.2 Å². The van der Waals surface area contributed by atoms with Crippen molar-refractivity contribution in [1.82, 2.24) is 10.3 Å². The molecule has 2 aromatic rings. The van der Waals surface area contributed by atoms with Crippen LogP contribution in [0.25, 0.3) is 10.2 Å². The number of nitrogens with two attached hydrogens (primary N) is 3. The fourth-order valence-corrected chi connectivity index (χ4v) is 3.86. The summed E-state index contributed by atoms with van der Waals surface area (Å²) in [5, 5.41) is 3.08. The molecule has 0 atom stereocenters. The summed E-state index contributed by atoms with van der Waals surface area (Å²) in [5.41, 5.74) is 18.0.